The summed E-state index contributed by atoms with van der Waals surface area (Å²) in [4.78, 5) is 13.5. The van der Waals surface area contributed by atoms with Crippen LogP contribution in [0.5, 0.6) is 0 Å². The molecule has 1 heterocycles. The molecule has 1 fully saturated rings. The van der Waals surface area contributed by atoms with E-state index < -0.39 is 29.4 Å². The second-order valence-electron chi connectivity index (χ2n) is 4.50. The molecular weight excluding hydrogens is 287 g/mol. The zero-order chi connectivity index (χ0) is 15.6. The molecule has 0 bridgehead atoms. The molecule has 112 valence electrons. The van der Waals surface area contributed by atoms with E-state index in [1.165, 1.54) is 11.0 Å². The van der Waals surface area contributed by atoms with Crippen LogP contribution in [-0.4, -0.2) is 36.6 Å². The number of hydrogen-bond acceptors (Lipinski definition) is 4. The molecule has 1 saturated heterocycles. The van der Waals surface area contributed by atoms with Gasteiger partial charge in [-0.25, -0.2) is 0 Å². The number of carbonyl (C=O) groups excluding carboxylic acids is 1. The molecule has 0 radical (unpaired) electrons. The molecule has 0 spiro atoms. The Bertz CT molecular complexity index is 595. The number of halogens is 3. The maximum absolute atomic E-state index is 12.8. The summed E-state index contributed by atoms with van der Waals surface area (Å²) in [6.07, 6.45) is -5.41. The van der Waals surface area contributed by atoms with Crippen LogP contribution in [0.15, 0.2) is 18.2 Å². The van der Waals surface area contributed by atoms with Gasteiger partial charge in [0.25, 0.3) is 5.91 Å². The summed E-state index contributed by atoms with van der Waals surface area (Å²) in [6, 6.07) is 5.06. The van der Waals surface area contributed by atoms with Crippen LogP contribution in [0.1, 0.15) is 15.9 Å². The molecular formula is C13H12F3N3O2. The number of nitrogens with zero attached hydrogens (tertiary/aromatic N) is 2. The molecule has 1 amide bonds. The summed E-state index contributed by atoms with van der Waals surface area (Å²) in [5.41, 5.74) is 3.62. The molecule has 1 atom stereocenters. The van der Waals surface area contributed by atoms with Crippen molar-refractivity contribution in [1.29, 1.82) is 5.26 Å². The Morgan fingerprint density at radius 2 is 2.19 bits per heavy atom. The highest BCUT2D eigenvalue weighted by Gasteiger charge is 2.35. The van der Waals surface area contributed by atoms with Crippen molar-refractivity contribution in [2.75, 3.05) is 25.4 Å². The van der Waals surface area contributed by atoms with E-state index in [1.54, 1.807) is 0 Å². The number of para-hydroxylation sites is 1. The van der Waals surface area contributed by atoms with E-state index in [4.69, 9.17) is 15.7 Å². The number of ether oxygens (including phenoxy) is 1. The van der Waals surface area contributed by atoms with Crippen LogP contribution in [0.4, 0.5) is 18.9 Å². The molecule has 0 aromatic heterocycles. The monoisotopic (exact) mass is 299 g/mol. The molecule has 5 nitrogen and oxygen atoms in total. The topological polar surface area (TPSA) is 79.4 Å². The van der Waals surface area contributed by atoms with Gasteiger partial charge in [-0.3, -0.25) is 4.79 Å². The second kappa shape index (κ2) is 5.61. The Balaban J connectivity index is 2.30. The number of nitrogen functional groups attached to an aromatic ring is 1. The number of nitriles is 1. The van der Waals surface area contributed by atoms with Gasteiger partial charge < -0.3 is 15.4 Å². The van der Waals surface area contributed by atoms with Crippen molar-refractivity contribution in [1.82, 2.24) is 4.90 Å². The number of benzene rings is 1. The van der Waals surface area contributed by atoms with E-state index in [0.717, 1.165) is 12.1 Å². The molecule has 1 aliphatic rings. The highest BCUT2D eigenvalue weighted by molar-refractivity contribution is 6.00. The minimum atomic E-state index is -4.62. The van der Waals surface area contributed by atoms with E-state index in [1.807, 2.05) is 6.07 Å². The van der Waals surface area contributed by atoms with Gasteiger partial charge in [-0.05, 0) is 12.1 Å². The van der Waals surface area contributed by atoms with Crippen molar-refractivity contribution in [3.8, 4) is 6.07 Å². The highest BCUT2D eigenvalue weighted by Crippen LogP contribution is 2.35. The van der Waals surface area contributed by atoms with Crippen LogP contribution >= 0.6 is 0 Å². The number of amides is 1. The number of hydrogen-bond donors (Lipinski definition) is 1. The van der Waals surface area contributed by atoms with E-state index in [0.29, 0.717) is 0 Å². The van der Waals surface area contributed by atoms with Crippen LogP contribution in [0.2, 0.25) is 0 Å². The van der Waals surface area contributed by atoms with Crippen molar-refractivity contribution in [2.45, 2.75) is 12.3 Å². The molecule has 1 unspecified atom stereocenters. The number of carbonyl (C=O) groups is 1. The summed E-state index contributed by atoms with van der Waals surface area (Å²) in [5, 5.41) is 8.78. The van der Waals surface area contributed by atoms with E-state index in [9.17, 15) is 18.0 Å². The zero-order valence-electron chi connectivity index (χ0n) is 10.9. The van der Waals surface area contributed by atoms with Crippen LogP contribution < -0.4 is 5.73 Å². The lowest BCUT2D eigenvalue weighted by Crippen LogP contribution is -2.45. The largest absolute Gasteiger partial charge is 0.418 e. The van der Waals surface area contributed by atoms with Gasteiger partial charge in [0.1, 0.15) is 0 Å². The van der Waals surface area contributed by atoms with Crippen molar-refractivity contribution < 1.29 is 22.7 Å². The maximum Gasteiger partial charge on any atom is 0.418 e. The first-order valence-corrected chi connectivity index (χ1v) is 6.10. The predicted molar refractivity (Wildman–Crippen MR) is 67.1 cm³/mol. The first kappa shape index (κ1) is 15.1. The summed E-state index contributed by atoms with van der Waals surface area (Å²) >= 11 is 0. The molecule has 21 heavy (non-hydrogen) atoms. The maximum atomic E-state index is 12.8. The van der Waals surface area contributed by atoms with Gasteiger partial charge in [-0.15, -0.1) is 0 Å². The second-order valence-corrected chi connectivity index (χ2v) is 4.50. The Morgan fingerprint density at radius 1 is 1.48 bits per heavy atom. The molecule has 0 aliphatic carbocycles. The van der Waals surface area contributed by atoms with Crippen LogP contribution in [0, 0.1) is 11.3 Å². The average molecular weight is 299 g/mol. The Morgan fingerprint density at radius 3 is 2.81 bits per heavy atom. The fourth-order valence-corrected chi connectivity index (χ4v) is 2.08. The van der Waals surface area contributed by atoms with E-state index in [2.05, 4.69) is 0 Å². The van der Waals surface area contributed by atoms with E-state index in [-0.39, 0.29) is 25.3 Å². The van der Waals surface area contributed by atoms with Crippen molar-refractivity contribution in [3.05, 3.63) is 29.3 Å². The molecule has 1 aliphatic heterocycles. The third-order valence-corrected chi connectivity index (χ3v) is 3.14. The minimum Gasteiger partial charge on any atom is -0.398 e. The number of rotatable bonds is 1. The number of morpholine rings is 1. The van der Waals surface area contributed by atoms with Crippen LogP contribution in [-0.2, 0) is 10.9 Å². The smallest absolute Gasteiger partial charge is 0.398 e. The van der Waals surface area contributed by atoms with Gasteiger partial charge in [0.2, 0.25) is 0 Å². The van der Waals surface area contributed by atoms with Gasteiger partial charge in [0.15, 0.2) is 6.10 Å². The van der Waals surface area contributed by atoms with E-state index >= 15 is 0 Å². The lowest BCUT2D eigenvalue weighted by molar-refractivity contribution is -0.136. The third-order valence-electron chi connectivity index (χ3n) is 3.14. The Labute approximate surface area is 118 Å². The molecule has 0 saturated carbocycles. The van der Waals surface area contributed by atoms with Crippen LogP contribution in [0.3, 0.4) is 0 Å². The molecule has 2 rings (SSSR count). The summed E-state index contributed by atoms with van der Waals surface area (Å²) in [7, 11) is 0. The van der Waals surface area contributed by atoms with Gasteiger partial charge in [0, 0.05) is 6.54 Å². The van der Waals surface area contributed by atoms with Gasteiger partial charge >= 0.3 is 6.18 Å². The first-order valence-electron chi connectivity index (χ1n) is 6.10. The predicted octanol–water partition coefficient (Wildman–Crippen LogP) is 1.65. The molecule has 2 N–H and O–H groups in total. The molecule has 8 heteroatoms. The summed E-state index contributed by atoms with van der Waals surface area (Å²) in [6.45, 7) is 0.362. The van der Waals surface area contributed by atoms with Crippen LogP contribution in [0.25, 0.3) is 0 Å². The summed E-state index contributed by atoms with van der Waals surface area (Å²) in [5.74, 6) is -0.637. The average Bonchev–Trinajstić information content (AvgIpc) is 2.45. The standard InChI is InChI=1S/C13H12F3N3O2/c14-13(15,16)10-3-1-2-9(11(10)18)12(20)19-4-5-21-8(6-17)7-19/h1-3,8H,4-5,7,18H2. The number of anilines is 1. The summed E-state index contributed by atoms with van der Waals surface area (Å²) < 4.78 is 43.4. The van der Waals surface area contributed by atoms with Crippen molar-refractivity contribution in [2.24, 2.45) is 0 Å². The number of alkyl halides is 3. The molecule has 1 aromatic carbocycles. The highest BCUT2D eigenvalue weighted by atomic mass is 19.4. The lowest BCUT2D eigenvalue weighted by Gasteiger charge is -2.30. The Kier molecular flexibility index (Phi) is 4.04. The van der Waals surface area contributed by atoms with Crippen molar-refractivity contribution in [3.63, 3.8) is 0 Å². The zero-order valence-corrected chi connectivity index (χ0v) is 10.9. The van der Waals surface area contributed by atoms with Crippen molar-refractivity contribution >= 4 is 11.6 Å². The fraction of sp³-hybridized carbons (Fsp3) is 0.385. The first-order chi connectivity index (χ1) is 9.84. The quantitative estimate of drug-likeness (QED) is 0.800. The van der Waals surface area contributed by atoms with Gasteiger partial charge in [0.05, 0.1) is 36.0 Å². The van der Waals surface area contributed by atoms with Gasteiger partial charge in [-0.2, -0.15) is 18.4 Å². The fourth-order valence-electron chi connectivity index (χ4n) is 2.08. The van der Waals surface area contributed by atoms with Gasteiger partial charge in [-0.1, -0.05) is 6.07 Å². The normalized spacial score (nSPS) is 19.1. The minimum absolute atomic E-state index is 0.00498. The third kappa shape index (κ3) is 3.08. The SMILES string of the molecule is N#CC1CN(C(=O)c2cccc(C(F)(F)F)c2N)CCO1. The Hall–Kier alpha value is -2.27. The number of nitrogens with two attached hydrogens (primary N) is 1. The molecule has 1 aromatic rings. The lowest BCUT2D eigenvalue weighted by atomic mass is 10.1.